The highest BCUT2D eigenvalue weighted by Crippen LogP contribution is 2.24. The minimum Gasteiger partial charge on any atom is -0.343 e. The molecule has 0 bridgehead atoms. The standard InChI is InChI=1S/C19H24N2O3S/c1-2-6-19(22)21-13-11-16(12-14-21)20-25(23,24)18-10-5-8-15-7-3-4-9-17(15)18/h3-5,7-10,16,20H,2,6,11-14H2,1H3. The predicted molar refractivity (Wildman–Crippen MR) is 98.8 cm³/mol. The first kappa shape index (κ1) is 17.9. The second-order valence-corrected chi connectivity index (χ2v) is 8.19. The normalized spacial score (nSPS) is 16.3. The molecule has 0 atom stereocenters. The molecule has 0 aliphatic carbocycles. The molecular formula is C19H24N2O3S. The van der Waals surface area contributed by atoms with Crippen LogP contribution in [0.25, 0.3) is 10.8 Å². The first-order chi connectivity index (χ1) is 12.0. The molecular weight excluding hydrogens is 336 g/mol. The molecule has 1 saturated heterocycles. The van der Waals surface area contributed by atoms with Gasteiger partial charge < -0.3 is 4.90 Å². The van der Waals surface area contributed by atoms with Gasteiger partial charge in [0, 0.05) is 30.9 Å². The lowest BCUT2D eigenvalue weighted by Gasteiger charge is -2.32. The number of benzene rings is 2. The number of piperidine rings is 1. The number of rotatable bonds is 5. The second kappa shape index (κ2) is 7.54. The third kappa shape index (κ3) is 4.02. The lowest BCUT2D eigenvalue weighted by molar-refractivity contribution is -0.132. The van der Waals surface area contributed by atoms with Gasteiger partial charge in [-0.2, -0.15) is 0 Å². The monoisotopic (exact) mass is 360 g/mol. The molecule has 0 spiro atoms. The topological polar surface area (TPSA) is 66.5 Å². The Balaban J connectivity index is 1.71. The SMILES string of the molecule is CCCC(=O)N1CCC(NS(=O)(=O)c2cccc3ccccc23)CC1. The summed E-state index contributed by atoms with van der Waals surface area (Å²) >= 11 is 0. The van der Waals surface area contributed by atoms with Crippen LogP contribution in [0.1, 0.15) is 32.6 Å². The van der Waals surface area contributed by atoms with Crippen LogP contribution in [0.15, 0.2) is 47.4 Å². The molecule has 0 unspecified atom stereocenters. The van der Waals surface area contributed by atoms with E-state index in [1.807, 2.05) is 42.2 Å². The van der Waals surface area contributed by atoms with Gasteiger partial charge in [0.2, 0.25) is 15.9 Å². The van der Waals surface area contributed by atoms with Gasteiger partial charge in [-0.15, -0.1) is 0 Å². The van der Waals surface area contributed by atoms with E-state index in [2.05, 4.69) is 4.72 Å². The molecule has 25 heavy (non-hydrogen) atoms. The van der Waals surface area contributed by atoms with E-state index in [4.69, 9.17) is 0 Å². The Labute approximate surface area is 149 Å². The first-order valence-electron chi connectivity index (χ1n) is 8.79. The van der Waals surface area contributed by atoms with Crippen molar-refractivity contribution >= 4 is 26.7 Å². The number of carbonyl (C=O) groups is 1. The molecule has 1 heterocycles. The van der Waals surface area contributed by atoms with Gasteiger partial charge in [-0.25, -0.2) is 13.1 Å². The highest BCUT2D eigenvalue weighted by atomic mass is 32.2. The van der Waals surface area contributed by atoms with Crippen LogP contribution in [-0.4, -0.2) is 38.4 Å². The highest BCUT2D eigenvalue weighted by molar-refractivity contribution is 7.89. The third-order valence-electron chi connectivity index (χ3n) is 4.67. The van der Waals surface area contributed by atoms with E-state index >= 15 is 0 Å². The Morgan fingerprint density at radius 1 is 1.12 bits per heavy atom. The molecule has 3 rings (SSSR count). The summed E-state index contributed by atoms with van der Waals surface area (Å²) in [6.45, 7) is 3.21. The van der Waals surface area contributed by atoms with Crippen LogP contribution in [0.4, 0.5) is 0 Å². The smallest absolute Gasteiger partial charge is 0.241 e. The van der Waals surface area contributed by atoms with Crippen molar-refractivity contribution in [1.29, 1.82) is 0 Å². The molecule has 6 heteroatoms. The molecule has 134 valence electrons. The summed E-state index contributed by atoms with van der Waals surface area (Å²) < 4.78 is 28.5. The Hall–Kier alpha value is -1.92. The molecule has 5 nitrogen and oxygen atoms in total. The molecule has 1 N–H and O–H groups in total. The van der Waals surface area contributed by atoms with E-state index < -0.39 is 10.0 Å². The van der Waals surface area contributed by atoms with Gasteiger partial charge in [0.15, 0.2) is 0 Å². The number of carbonyl (C=O) groups excluding carboxylic acids is 1. The van der Waals surface area contributed by atoms with Crippen LogP contribution in [-0.2, 0) is 14.8 Å². The molecule has 0 aromatic heterocycles. The summed E-state index contributed by atoms with van der Waals surface area (Å²) in [7, 11) is -3.59. The van der Waals surface area contributed by atoms with Crippen LogP contribution in [0.2, 0.25) is 0 Å². The van der Waals surface area contributed by atoms with Crippen molar-refractivity contribution < 1.29 is 13.2 Å². The third-order valence-corrected chi connectivity index (χ3v) is 6.25. The maximum atomic E-state index is 12.8. The number of hydrogen-bond donors (Lipinski definition) is 1. The molecule has 1 amide bonds. The molecule has 2 aromatic carbocycles. The molecule has 0 radical (unpaired) electrons. The zero-order chi connectivity index (χ0) is 17.9. The molecule has 1 aliphatic heterocycles. The van der Waals surface area contributed by atoms with Gasteiger partial charge in [0.25, 0.3) is 0 Å². The van der Waals surface area contributed by atoms with E-state index in [0.717, 1.165) is 17.2 Å². The van der Waals surface area contributed by atoms with E-state index in [1.165, 1.54) is 0 Å². The van der Waals surface area contributed by atoms with Crippen molar-refractivity contribution in [3.63, 3.8) is 0 Å². The lowest BCUT2D eigenvalue weighted by Crippen LogP contribution is -2.46. The van der Waals surface area contributed by atoms with Crippen molar-refractivity contribution in [2.75, 3.05) is 13.1 Å². The van der Waals surface area contributed by atoms with Gasteiger partial charge in [0.1, 0.15) is 0 Å². The quantitative estimate of drug-likeness (QED) is 0.891. The van der Waals surface area contributed by atoms with E-state index in [1.54, 1.807) is 12.1 Å². The summed E-state index contributed by atoms with van der Waals surface area (Å²) in [6, 6.07) is 12.7. The molecule has 1 fully saturated rings. The second-order valence-electron chi connectivity index (χ2n) is 6.50. The summed E-state index contributed by atoms with van der Waals surface area (Å²) in [5.74, 6) is 0.165. The number of fused-ring (bicyclic) bond motifs is 1. The Kier molecular flexibility index (Phi) is 5.39. The van der Waals surface area contributed by atoms with Gasteiger partial charge in [-0.05, 0) is 30.7 Å². The van der Waals surface area contributed by atoms with Gasteiger partial charge in [-0.1, -0.05) is 43.3 Å². The van der Waals surface area contributed by atoms with E-state index in [-0.39, 0.29) is 11.9 Å². The van der Waals surface area contributed by atoms with Crippen LogP contribution in [0.5, 0.6) is 0 Å². The summed E-state index contributed by atoms with van der Waals surface area (Å²) in [4.78, 5) is 14.1. The number of hydrogen-bond acceptors (Lipinski definition) is 3. The van der Waals surface area contributed by atoms with Gasteiger partial charge >= 0.3 is 0 Å². The number of nitrogens with zero attached hydrogens (tertiary/aromatic N) is 1. The fourth-order valence-corrected chi connectivity index (χ4v) is 4.87. The van der Waals surface area contributed by atoms with E-state index in [0.29, 0.717) is 37.2 Å². The van der Waals surface area contributed by atoms with Crippen LogP contribution in [0.3, 0.4) is 0 Å². The lowest BCUT2D eigenvalue weighted by atomic mass is 10.1. The Bertz CT molecular complexity index is 851. The fraction of sp³-hybridized carbons (Fsp3) is 0.421. The van der Waals surface area contributed by atoms with Gasteiger partial charge in [-0.3, -0.25) is 4.79 Å². The summed E-state index contributed by atoms with van der Waals surface area (Å²) in [6.07, 6.45) is 2.71. The zero-order valence-corrected chi connectivity index (χ0v) is 15.3. The average molecular weight is 360 g/mol. The zero-order valence-electron chi connectivity index (χ0n) is 14.4. The van der Waals surface area contributed by atoms with Crippen molar-refractivity contribution in [3.8, 4) is 0 Å². The van der Waals surface area contributed by atoms with Gasteiger partial charge in [0.05, 0.1) is 4.90 Å². The maximum Gasteiger partial charge on any atom is 0.241 e. The summed E-state index contributed by atoms with van der Waals surface area (Å²) in [5, 5.41) is 1.64. The molecule has 1 aliphatic rings. The van der Waals surface area contributed by atoms with Crippen molar-refractivity contribution in [1.82, 2.24) is 9.62 Å². The largest absolute Gasteiger partial charge is 0.343 e. The molecule has 2 aromatic rings. The first-order valence-corrected chi connectivity index (χ1v) is 10.3. The number of nitrogens with one attached hydrogen (secondary N) is 1. The fourth-order valence-electron chi connectivity index (χ4n) is 3.33. The number of amides is 1. The predicted octanol–water partition coefficient (Wildman–Crippen LogP) is 2.91. The van der Waals surface area contributed by atoms with Crippen molar-refractivity contribution in [3.05, 3.63) is 42.5 Å². The van der Waals surface area contributed by atoms with Crippen LogP contribution < -0.4 is 4.72 Å². The Morgan fingerprint density at radius 3 is 2.52 bits per heavy atom. The minimum absolute atomic E-state index is 0.130. The maximum absolute atomic E-state index is 12.8. The van der Waals surface area contributed by atoms with Crippen molar-refractivity contribution in [2.45, 2.75) is 43.5 Å². The summed E-state index contributed by atoms with van der Waals surface area (Å²) in [5.41, 5.74) is 0. The minimum atomic E-state index is -3.59. The van der Waals surface area contributed by atoms with Crippen LogP contribution >= 0.6 is 0 Å². The average Bonchev–Trinajstić information content (AvgIpc) is 2.61. The number of likely N-dealkylation sites (tertiary alicyclic amines) is 1. The van der Waals surface area contributed by atoms with Crippen molar-refractivity contribution in [2.24, 2.45) is 0 Å². The highest BCUT2D eigenvalue weighted by Gasteiger charge is 2.27. The van der Waals surface area contributed by atoms with Crippen LogP contribution in [0, 0.1) is 0 Å². The Morgan fingerprint density at radius 2 is 1.80 bits per heavy atom. The molecule has 0 saturated carbocycles. The number of sulfonamides is 1. The van der Waals surface area contributed by atoms with E-state index in [9.17, 15) is 13.2 Å².